The predicted molar refractivity (Wildman–Crippen MR) is 79.1 cm³/mol. The number of methoxy groups -OCH3 is 1. The van der Waals surface area contributed by atoms with Crippen LogP contribution in [-0.2, 0) is 6.42 Å². The topological polar surface area (TPSA) is 49.9 Å². The average molecular weight is 271 g/mol. The molecule has 20 heavy (non-hydrogen) atoms. The molecule has 0 saturated heterocycles. The summed E-state index contributed by atoms with van der Waals surface area (Å²) in [5, 5.41) is 3.61. The molecule has 0 amide bonds. The normalized spacial score (nSPS) is 21.4. The summed E-state index contributed by atoms with van der Waals surface area (Å²) in [4.78, 5) is 7.16. The maximum Gasteiger partial charge on any atom is 0.118 e. The smallest absolute Gasteiger partial charge is 0.118 e. The molecule has 1 fully saturated rings. The molecule has 0 unspecified atom stereocenters. The summed E-state index contributed by atoms with van der Waals surface area (Å²) in [6, 6.07) is 9.13. The molecule has 0 radical (unpaired) electrons. The Bertz CT molecular complexity index is 515. The number of benzene rings is 1. The Kier molecular flexibility index (Phi) is 4.02. The fourth-order valence-electron chi connectivity index (χ4n) is 2.77. The SMILES string of the molecule is COc1ccc(C2CC(NCCc3cnc[nH]3)C2)cc1. The summed E-state index contributed by atoms with van der Waals surface area (Å²) < 4.78 is 5.19. The van der Waals surface area contributed by atoms with E-state index in [0.717, 1.165) is 18.7 Å². The molecule has 106 valence electrons. The van der Waals surface area contributed by atoms with Crippen LogP contribution in [0.3, 0.4) is 0 Å². The Hall–Kier alpha value is -1.81. The third-order valence-corrected chi connectivity index (χ3v) is 4.11. The van der Waals surface area contributed by atoms with E-state index in [1.165, 1.54) is 24.1 Å². The highest BCUT2D eigenvalue weighted by Crippen LogP contribution is 2.37. The average Bonchev–Trinajstić information content (AvgIpc) is 2.95. The molecule has 1 aliphatic carbocycles. The van der Waals surface area contributed by atoms with Crippen LogP contribution in [0.5, 0.6) is 5.75 Å². The first-order valence-corrected chi connectivity index (χ1v) is 7.19. The maximum atomic E-state index is 5.19. The Balaban J connectivity index is 1.39. The van der Waals surface area contributed by atoms with Gasteiger partial charge in [0.2, 0.25) is 0 Å². The fraction of sp³-hybridized carbons (Fsp3) is 0.438. The Morgan fingerprint density at radius 1 is 1.30 bits per heavy atom. The number of aromatic amines is 1. The van der Waals surface area contributed by atoms with Gasteiger partial charge in [0, 0.05) is 30.9 Å². The van der Waals surface area contributed by atoms with E-state index in [0.29, 0.717) is 12.0 Å². The quantitative estimate of drug-likeness (QED) is 0.848. The van der Waals surface area contributed by atoms with E-state index >= 15 is 0 Å². The van der Waals surface area contributed by atoms with Gasteiger partial charge in [0.1, 0.15) is 5.75 Å². The van der Waals surface area contributed by atoms with Crippen LogP contribution in [0.15, 0.2) is 36.8 Å². The molecule has 0 atom stereocenters. The highest BCUT2D eigenvalue weighted by atomic mass is 16.5. The number of aromatic nitrogens is 2. The molecular formula is C16H21N3O. The van der Waals surface area contributed by atoms with E-state index < -0.39 is 0 Å². The third kappa shape index (κ3) is 3.02. The zero-order chi connectivity index (χ0) is 13.8. The van der Waals surface area contributed by atoms with Crippen molar-refractivity contribution in [2.75, 3.05) is 13.7 Å². The molecule has 4 nitrogen and oxygen atoms in total. The molecule has 1 saturated carbocycles. The van der Waals surface area contributed by atoms with Crippen LogP contribution in [0.4, 0.5) is 0 Å². The molecule has 3 rings (SSSR count). The first-order chi connectivity index (χ1) is 9.85. The highest BCUT2D eigenvalue weighted by Gasteiger charge is 2.29. The van der Waals surface area contributed by atoms with Gasteiger partial charge in [-0.05, 0) is 36.5 Å². The van der Waals surface area contributed by atoms with Gasteiger partial charge in [-0.3, -0.25) is 0 Å². The van der Waals surface area contributed by atoms with Crippen molar-refractivity contribution in [3.63, 3.8) is 0 Å². The summed E-state index contributed by atoms with van der Waals surface area (Å²) in [5.74, 6) is 1.63. The number of H-pyrrole nitrogens is 1. The second-order valence-electron chi connectivity index (χ2n) is 5.42. The summed E-state index contributed by atoms with van der Waals surface area (Å²) in [5.41, 5.74) is 2.63. The maximum absolute atomic E-state index is 5.19. The molecule has 2 N–H and O–H groups in total. The lowest BCUT2D eigenvalue weighted by atomic mass is 9.76. The summed E-state index contributed by atoms with van der Waals surface area (Å²) in [6.07, 6.45) is 7.11. The van der Waals surface area contributed by atoms with Crippen LogP contribution in [-0.4, -0.2) is 29.7 Å². The lowest BCUT2D eigenvalue weighted by molar-refractivity contribution is 0.292. The van der Waals surface area contributed by atoms with Gasteiger partial charge in [-0.1, -0.05) is 12.1 Å². The largest absolute Gasteiger partial charge is 0.497 e. The lowest BCUT2D eigenvalue weighted by Crippen LogP contribution is -2.40. The summed E-state index contributed by atoms with van der Waals surface area (Å²) >= 11 is 0. The van der Waals surface area contributed by atoms with Crippen molar-refractivity contribution in [2.45, 2.75) is 31.2 Å². The van der Waals surface area contributed by atoms with Crippen LogP contribution in [0, 0.1) is 0 Å². The molecule has 1 heterocycles. The molecule has 0 spiro atoms. The number of nitrogens with zero attached hydrogens (tertiary/aromatic N) is 1. The van der Waals surface area contributed by atoms with Gasteiger partial charge in [-0.15, -0.1) is 0 Å². The first kappa shape index (κ1) is 13.2. The molecule has 0 bridgehead atoms. The van der Waals surface area contributed by atoms with Gasteiger partial charge < -0.3 is 15.0 Å². The van der Waals surface area contributed by atoms with E-state index in [2.05, 4.69) is 27.4 Å². The van der Waals surface area contributed by atoms with Gasteiger partial charge in [0.25, 0.3) is 0 Å². The summed E-state index contributed by atoms with van der Waals surface area (Å²) in [6.45, 7) is 1.02. The minimum Gasteiger partial charge on any atom is -0.497 e. The van der Waals surface area contributed by atoms with Gasteiger partial charge in [-0.2, -0.15) is 0 Å². The minimum absolute atomic E-state index is 0.657. The molecule has 1 aromatic heterocycles. The van der Waals surface area contributed by atoms with Crippen molar-refractivity contribution in [3.05, 3.63) is 48.0 Å². The predicted octanol–water partition coefficient (Wildman–Crippen LogP) is 2.50. The van der Waals surface area contributed by atoms with Crippen LogP contribution in [0.1, 0.15) is 30.0 Å². The molecule has 1 aromatic carbocycles. The van der Waals surface area contributed by atoms with Crippen LogP contribution in [0.25, 0.3) is 0 Å². The molecule has 0 aliphatic heterocycles. The van der Waals surface area contributed by atoms with Crippen molar-refractivity contribution in [1.82, 2.24) is 15.3 Å². The van der Waals surface area contributed by atoms with Crippen molar-refractivity contribution < 1.29 is 4.74 Å². The number of hydrogen-bond acceptors (Lipinski definition) is 3. The Morgan fingerprint density at radius 3 is 2.75 bits per heavy atom. The number of ether oxygens (including phenoxy) is 1. The molecule has 1 aliphatic rings. The Labute approximate surface area is 119 Å². The van der Waals surface area contributed by atoms with Crippen molar-refractivity contribution in [1.29, 1.82) is 0 Å². The molecule has 4 heteroatoms. The second-order valence-corrected chi connectivity index (χ2v) is 5.42. The number of rotatable bonds is 6. The zero-order valence-electron chi connectivity index (χ0n) is 11.8. The van der Waals surface area contributed by atoms with Crippen molar-refractivity contribution in [2.24, 2.45) is 0 Å². The number of nitrogens with one attached hydrogen (secondary N) is 2. The van der Waals surface area contributed by atoms with E-state index in [-0.39, 0.29) is 0 Å². The minimum atomic E-state index is 0.657. The van der Waals surface area contributed by atoms with E-state index in [1.807, 2.05) is 18.3 Å². The number of hydrogen-bond donors (Lipinski definition) is 2. The van der Waals surface area contributed by atoms with Crippen molar-refractivity contribution in [3.8, 4) is 5.75 Å². The van der Waals surface area contributed by atoms with Crippen LogP contribution < -0.4 is 10.1 Å². The standard InChI is InChI=1S/C16H21N3O/c1-20-16-4-2-12(3-5-16)13-8-15(9-13)18-7-6-14-10-17-11-19-14/h2-5,10-11,13,15,18H,6-9H2,1H3,(H,17,19). The molecular weight excluding hydrogens is 250 g/mol. The zero-order valence-corrected chi connectivity index (χ0v) is 11.8. The third-order valence-electron chi connectivity index (χ3n) is 4.11. The second kappa shape index (κ2) is 6.09. The Morgan fingerprint density at radius 2 is 2.10 bits per heavy atom. The van der Waals surface area contributed by atoms with Crippen molar-refractivity contribution >= 4 is 0 Å². The van der Waals surface area contributed by atoms with E-state index in [1.54, 1.807) is 13.4 Å². The fourth-order valence-corrected chi connectivity index (χ4v) is 2.77. The van der Waals surface area contributed by atoms with Gasteiger partial charge in [-0.25, -0.2) is 4.98 Å². The first-order valence-electron chi connectivity index (χ1n) is 7.19. The monoisotopic (exact) mass is 271 g/mol. The van der Waals surface area contributed by atoms with Crippen LogP contribution >= 0.6 is 0 Å². The molecule has 2 aromatic rings. The van der Waals surface area contributed by atoms with E-state index in [9.17, 15) is 0 Å². The number of imidazole rings is 1. The van der Waals surface area contributed by atoms with Gasteiger partial charge in [0.15, 0.2) is 0 Å². The van der Waals surface area contributed by atoms with E-state index in [4.69, 9.17) is 4.74 Å². The van der Waals surface area contributed by atoms with Crippen LogP contribution in [0.2, 0.25) is 0 Å². The van der Waals surface area contributed by atoms with Gasteiger partial charge in [0.05, 0.1) is 13.4 Å². The van der Waals surface area contributed by atoms with Gasteiger partial charge >= 0.3 is 0 Å². The lowest BCUT2D eigenvalue weighted by Gasteiger charge is -2.36. The summed E-state index contributed by atoms with van der Waals surface area (Å²) in [7, 11) is 1.71. The highest BCUT2D eigenvalue weighted by molar-refractivity contribution is 5.30.